The molecule has 0 aromatic heterocycles. The van der Waals surface area contributed by atoms with Gasteiger partial charge < -0.3 is 4.74 Å². The first-order chi connectivity index (χ1) is 10.2. The highest BCUT2D eigenvalue weighted by Gasteiger charge is 2.19. The van der Waals surface area contributed by atoms with Gasteiger partial charge in [0.15, 0.2) is 0 Å². The maximum Gasteiger partial charge on any atom is 0.338 e. The molecule has 0 N–H and O–H groups in total. The third kappa shape index (κ3) is 4.87. The lowest BCUT2D eigenvalue weighted by Gasteiger charge is -2.27. The van der Waals surface area contributed by atoms with Gasteiger partial charge in [0.2, 0.25) is 0 Å². The molecule has 0 amide bonds. The molecule has 0 atom stereocenters. The Morgan fingerprint density at radius 3 is 2.24 bits per heavy atom. The summed E-state index contributed by atoms with van der Waals surface area (Å²) < 4.78 is 5.00. The van der Waals surface area contributed by atoms with Gasteiger partial charge in [-0.15, -0.1) is 0 Å². The Bertz CT molecular complexity index is 427. The molecule has 0 unspecified atom stereocenters. The van der Waals surface area contributed by atoms with Gasteiger partial charge in [0.1, 0.15) is 0 Å². The molecule has 1 saturated carbocycles. The van der Waals surface area contributed by atoms with Crippen molar-refractivity contribution in [1.82, 2.24) is 0 Å². The molecule has 1 aliphatic carbocycles. The molecule has 1 fully saturated rings. The summed E-state index contributed by atoms with van der Waals surface area (Å²) >= 11 is 0. The maximum absolute atomic E-state index is 11.6. The van der Waals surface area contributed by atoms with E-state index in [1.807, 2.05) is 19.1 Å². The van der Waals surface area contributed by atoms with Crippen molar-refractivity contribution in [2.24, 2.45) is 11.8 Å². The van der Waals surface area contributed by atoms with Crippen molar-refractivity contribution in [1.29, 1.82) is 0 Å². The van der Waals surface area contributed by atoms with Crippen molar-refractivity contribution in [2.75, 3.05) is 6.61 Å². The van der Waals surface area contributed by atoms with Gasteiger partial charge in [0.25, 0.3) is 0 Å². The minimum absolute atomic E-state index is 0.220. The van der Waals surface area contributed by atoms with Crippen LogP contribution in [0.15, 0.2) is 24.3 Å². The standard InChI is InChI=1S/C19H28O2/c1-3-15-5-7-16(8-6-15)9-10-17-11-13-18(14-12-17)19(20)21-4-2/h11-16H,3-10H2,1-2H3/t15-,16-. The van der Waals surface area contributed by atoms with Gasteiger partial charge in [-0.3, -0.25) is 0 Å². The number of rotatable bonds is 6. The van der Waals surface area contributed by atoms with Gasteiger partial charge in [-0.25, -0.2) is 4.79 Å². The predicted molar refractivity (Wildman–Crippen MR) is 86.5 cm³/mol. The van der Waals surface area contributed by atoms with E-state index in [1.165, 1.54) is 44.1 Å². The zero-order valence-electron chi connectivity index (χ0n) is 13.4. The zero-order chi connectivity index (χ0) is 15.1. The van der Waals surface area contributed by atoms with Gasteiger partial charge >= 0.3 is 5.97 Å². The molecule has 0 heterocycles. The predicted octanol–water partition coefficient (Wildman–Crippen LogP) is 5.01. The van der Waals surface area contributed by atoms with Gasteiger partial charge in [-0.1, -0.05) is 51.2 Å². The number of carbonyl (C=O) groups excluding carboxylic acids is 1. The second kappa shape index (κ2) is 8.21. The molecule has 0 aliphatic heterocycles. The summed E-state index contributed by atoms with van der Waals surface area (Å²) in [7, 11) is 0. The van der Waals surface area contributed by atoms with Crippen LogP contribution in [0.3, 0.4) is 0 Å². The Hall–Kier alpha value is -1.31. The average Bonchev–Trinajstić information content (AvgIpc) is 2.54. The summed E-state index contributed by atoms with van der Waals surface area (Å²) in [6.45, 7) is 4.58. The van der Waals surface area contributed by atoms with E-state index < -0.39 is 0 Å². The molecular formula is C19H28O2. The summed E-state index contributed by atoms with van der Waals surface area (Å²) in [6.07, 6.45) is 9.41. The molecule has 1 aliphatic rings. The van der Waals surface area contributed by atoms with Gasteiger partial charge in [0, 0.05) is 0 Å². The van der Waals surface area contributed by atoms with Crippen LogP contribution >= 0.6 is 0 Å². The number of esters is 1. The Balaban J connectivity index is 1.77. The van der Waals surface area contributed by atoms with E-state index >= 15 is 0 Å². The van der Waals surface area contributed by atoms with Crippen LogP contribution in [0.25, 0.3) is 0 Å². The first-order valence-corrected chi connectivity index (χ1v) is 8.49. The summed E-state index contributed by atoms with van der Waals surface area (Å²) in [5, 5.41) is 0. The number of carbonyl (C=O) groups is 1. The molecule has 0 radical (unpaired) electrons. The minimum atomic E-state index is -0.220. The van der Waals surface area contributed by atoms with Crippen LogP contribution in [0.1, 0.15) is 68.3 Å². The Kier molecular flexibility index (Phi) is 6.28. The van der Waals surface area contributed by atoms with Crippen molar-refractivity contribution in [2.45, 2.75) is 58.8 Å². The third-order valence-electron chi connectivity index (χ3n) is 4.85. The monoisotopic (exact) mass is 288 g/mol. The third-order valence-corrected chi connectivity index (χ3v) is 4.85. The van der Waals surface area contributed by atoms with Crippen molar-refractivity contribution in [3.05, 3.63) is 35.4 Å². The van der Waals surface area contributed by atoms with Gasteiger partial charge in [-0.2, -0.15) is 0 Å². The lowest BCUT2D eigenvalue weighted by atomic mass is 9.78. The maximum atomic E-state index is 11.6. The largest absolute Gasteiger partial charge is 0.462 e. The first-order valence-electron chi connectivity index (χ1n) is 8.49. The molecule has 0 bridgehead atoms. The van der Waals surface area contributed by atoms with E-state index in [0.29, 0.717) is 12.2 Å². The molecule has 0 spiro atoms. The van der Waals surface area contributed by atoms with E-state index in [2.05, 4.69) is 19.1 Å². The highest BCUT2D eigenvalue weighted by molar-refractivity contribution is 5.89. The lowest BCUT2D eigenvalue weighted by Crippen LogP contribution is -2.14. The molecule has 2 nitrogen and oxygen atoms in total. The number of hydrogen-bond donors (Lipinski definition) is 0. The van der Waals surface area contributed by atoms with Crippen LogP contribution < -0.4 is 0 Å². The summed E-state index contributed by atoms with van der Waals surface area (Å²) in [4.78, 5) is 11.6. The molecule has 2 rings (SSSR count). The Morgan fingerprint density at radius 2 is 1.67 bits per heavy atom. The SMILES string of the molecule is CCOC(=O)c1ccc(CC[C@H]2CC[C@H](CC)CC2)cc1. The Morgan fingerprint density at radius 1 is 1.05 bits per heavy atom. The van der Waals surface area contributed by atoms with Crippen molar-refractivity contribution >= 4 is 5.97 Å². The van der Waals surface area contributed by atoms with Crippen molar-refractivity contribution < 1.29 is 9.53 Å². The molecule has 0 saturated heterocycles. The van der Waals surface area contributed by atoms with E-state index in [4.69, 9.17) is 4.74 Å². The number of benzene rings is 1. The fraction of sp³-hybridized carbons (Fsp3) is 0.632. The summed E-state index contributed by atoms with van der Waals surface area (Å²) in [6, 6.07) is 7.93. The lowest BCUT2D eigenvalue weighted by molar-refractivity contribution is 0.0526. The first kappa shape index (κ1) is 16.1. The number of aryl methyl sites for hydroxylation is 1. The molecule has 1 aromatic rings. The fourth-order valence-electron chi connectivity index (χ4n) is 3.32. The molecule has 1 aromatic carbocycles. The van der Waals surface area contributed by atoms with Crippen LogP contribution in [0, 0.1) is 11.8 Å². The molecule has 21 heavy (non-hydrogen) atoms. The van der Waals surface area contributed by atoms with Crippen molar-refractivity contribution in [3.63, 3.8) is 0 Å². The number of hydrogen-bond acceptors (Lipinski definition) is 2. The van der Waals surface area contributed by atoms with Crippen LogP contribution in [0.4, 0.5) is 0 Å². The topological polar surface area (TPSA) is 26.3 Å². The fourth-order valence-corrected chi connectivity index (χ4v) is 3.32. The molecule has 2 heteroatoms. The summed E-state index contributed by atoms with van der Waals surface area (Å²) in [5.74, 6) is 1.66. The highest BCUT2D eigenvalue weighted by Crippen LogP contribution is 2.33. The smallest absolute Gasteiger partial charge is 0.338 e. The zero-order valence-corrected chi connectivity index (χ0v) is 13.4. The highest BCUT2D eigenvalue weighted by atomic mass is 16.5. The molecule has 116 valence electrons. The molecular weight excluding hydrogens is 260 g/mol. The Labute approximate surface area is 128 Å². The average molecular weight is 288 g/mol. The normalized spacial score (nSPS) is 22.0. The van der Waals surface area contributed by atoms with E-state index in [1.54, 1.807) is 0 Å². The van der Waals surface area contributed by atoms with Crippen molar-refractivity contribution in [3.8, 4) is 0 Å². The van der Waals surface area contributed by atoms with Gasteiger partial charge in [-0.05, 0) is 49.3 Å². The number of ether oxygens (including phenoxy) is 1. The van der Waals surface area contributed by atoms with Gasteiger partial charge in [0.05, 0.1) is 12.2 Å². The van der Waals surface area contributed by atoms with Crippen LogP contribution in [0.5, 0.6) is 0 Å². The van der Waals surface area contributed by atoms with Crippen LogP contribution in [-0.4, -0.2) is 12.6 Å². The quantitative estimate of drug-likeness (QED) is 0.688. The van der Waals surface area contributed by atoms with E-state index in [9.17, 15) is 4.79 Å². The minimum Gasteiger partial charge on any atom is -0.462 e. The van der Waals surface area contributed by atoms with E-state index in [-0.39, 0.29) is 5.97 Å². The second-order valence-electron chi connectivity index (χ2n) is 6.25. The summed E-state index contributed by atoms with van der Waals surface area (Å²) in [5.41, 5.74) is 1.99. The van der Waals surface area contributed by atoms with E-state index in [0.717, 1.165) is 18.3 Å². The van der Waals surface area contributed by atoms with Crippen LogP contribution in [-0.2, 0) is 11.2 Å². The second-order valence-corrected chi connectivity index (χ2v) is 6.25. The van der Waals surface area contributed by atoms with Crippen LogP contribution in [0.2, 0.25) is 0 Å².